The Hall–Kier alpha value is -3.97. The quantitative estimate of drug-likeness (QED) is 0.259. The van der Waals surface area contributed by atoms with Gasteiger partial charge in [-0.25, -0.2) is 9.59 Å². The molecule has 1 aromatic rings. The molecule has 0 amide bonds. The number of rotatable bonds is 5. The average molecular weight is 1090 g/mol. The predicted octanol–water partition coefficient (Wildman–Crippen LogP) is 12.9. The molecule has 0 saturated carbocycles. The third-order valence-electron chi connectivity index (χ3n) is 14.4. The summed E-state index contributed by atoms with van der Waals surface area (Å²) in [5.41, 5.74) is -3.82. The van der Waals surface area contributed by atoms with Crippen molar-refractivity contribution < 1.29 is 74.9 Å². The first-order valence-electron chi connectivity index (χ1n) is 27.7. The van der Waals surface area contributed by atoms with Crippen LogP contribution < -0.4 is 0 Å². The van der Waals surface area contributed by atoms with E-state index in [1.165, 1.54) is 30.3 Å². The largest absolute Gasteiger partial charge is 0.460 e. The number of ether oxygens (including phenoxy) is 11. The van der Waals surface area contributed by atoms with Crippen LogP contribution in [0.15, 0.2) is 103 Å². The Balaban J connectivity index is 1.26. The van der Waals surface area contributed by atoms with Crippen molar-refractivity contribution in [2.24, 2.45) is 11.8 Å². The molecular weight excluding hydrogens is 998 g/mol. The van der Waals surface area contributed by atoms with Crippen LogP contribution in [0.5, 0.6) is 0 Å². The van der Waals surface area contributed by atoms with Gasteiger partial charge in [-0.15, -0.1) is 0 Å². The first-order valence-corrected chi connectivity index (χ1v) is 27.7. The lowest BCUT2D eigenvalue weighted by molar-refractivity contribution is -0.339. The SMILES string of the molecule is CO[C@@](C(=O)O[C@H]1CC[C@H](C)[C@H](C(C)C)OC(=O)/C=C/C=C/C=C/C=C/C=C/C=C/C[C@@H]2C[C@@H](C[C@H]3C[C@@H](C[C@@H]4C[C@@H](C[C@@H]5C[C@H](C1)OC(C)(C)O5)OC(C)(C)O4)OC(C)(C)O3)OC(C)(C)O2)(c1ccccc1)C(F)(F)F. The molecule has 12 atom stereocenters. The summed E-state index contributed by atoms with van der Waals surface area (Å²) in [6, 6.07) is 6.77. The highest BCUT2D eigenvalue weighted by atomic mass is 19.4. The molecule has 0 radical (unpaired) electrons. The van der Waals surface area contributed by atoms with Crippen molar-refractivity contribution in [1.29, 1.82) is 0 Å². The second kappa shape index (κ2) is 27.0. The van der Waals surface area contributed by atoms with Crippen LogP contribution in [0.2, 0.25) is 0 Å². The number of methoxy groups -OCH3 is 1. The van der Waals surface area contributed by atoms with E-state index in [1.54, 1.807) is 38.1 Å². The van der Waals surface area contributed by atoms with E-state index >= 15 is 13.2 Å². The van der Waals surface area contributed by atoms with Crippen molar-refractivity contribution in [3.05, 3.63) is 109 Å². The number of cyclic esters (lactones) is 1. The molecule has 4 saturated heterocycles. The van der Waals surface area contributed by atoms with E-state index in [0.717, 1.165) is 13.5 Å². The van der Waals surface area contributed by atoms with Crippen LogP contribution in [0.4, 0.5) is 13.2 Å². The van der Waals surface area contributed by atoms with Crippen molar-refractivity contribution in [3.63, 3.8) is 0 Å². The zero-order chi connectivity index (χ0) is 56.2. The van der Waals surface area contributed by atoms with E-state index in [0.29, 0.717) is 51.4 Å². The summed E-state index contributed by atoms with van der Waals surface area (Å²) in [4.78, 5) is 27.4. The summed E-state index contributed by atoms with van der Waals surface area (Å²) in [5.74, 6) is -6.21. The zero-order valence-electron chi connectivity index (χ0n) is 47.5. The summed E-state index contributed by atoms with van der Waals surface area (Å²) >= 11 is 0. The molecule has 16 heteroatoms. The number of allylic oxidation sites excluding steroid dienone is 10. The zero-order valence-corrected chi connectivity index (χ0v) is 47.5. The number of hydrogen-bond donors (Lipinski definition) is 0. The van der Waals surface area contributed by atoms with Crippen LogP contribution in [-0.4, -0.2) is 109 Å². The van der Waals surface area contributed by atoms with Crippen LogP contribution in [0.25, 0.3) is 0 Å². The molecule has 5 heterocycles. The summed E-state index contributed by atoms with van der Waals surface area (Å²) in [6.07, 6.45) is 18.4. The molecule has 0 N–H and O–H groups in total. The molecule has 0 aliphatic carbocycles. The molecule has 5 aliphatic heterocycles. The van der Waals surface area contributed by atoms with Gasteiger partial charge in [-0.05, 0) is 86.5 Å². The summed E-state index contributed by atoms with van der Waals surface area (Å²) in [7, 11) is 0.851. The van der Waals surface area contributed by atoms with Gasteiger partial charge in [0.05, 0.1) is 48.8 Å². The van der Waals surface area contributed by atoms with Crippen molar-refractivity contribution >= 4 is 11.9 Å². The van der Waals surface area contributed by atoms with Gasteiger partial charge in [-0.3, -0.25) is 0 Å². The van der Waals surface area contributed by atoms with Crippen LogP contribution in [0.3, 0.4) is 0 Å². The van der Waals surface area contributed by atoms with E-state index in [4.69, 9.17) is 52.1 Å². The molecule has 430 valence electrons. The molecule has 0 aromatic heterocycles. The number of carbonyl (C=O) groups is 2. The second-order valence-electron chi connectivity index (χ2n) is 23.4. The molecule has 4 fully saturated rings. The molecule has 0 spiro atoms. The standard InChI is InChI=1S/C61H87F3O13/c1-41(2)54-42(3)31-32-44(68-55(66)60(67-12,61(62,63)64)43-27-23-22-24-28-43)33-46-35-48(73-57(6,7)71-46)37-50-39-52(77-59(10,11)75-50)40-51-38-49(74-58(8,9)76-51)36-47-34-45(70-56(4,5)72-47)29-25-20-18-16-14-13-15-17-19-21-26-30-53(65)69-54/h13-28,30,41-42,44-52,54H,29,31-40H2,1-12H3/b14-13+,17-15+,18-16+,21-19+,25-20+,30-26+/t42-,44-,45+,46-,47-,48-,49-,50+,51-,52-,54-,60+/m0/s1. The predicted molar refractivity (Wildman–Crippen MR) is 286 cm³/mol. The van der Waals surface area contributed by atoms with Crippen molar-refractivity contribution in [2.45, 2.75) is 243 Å². The molecule has 1 aromatic carbocycles. The molecule has 77 heavy (non-hydrogen) atoms. The van der Waals surface area contributed by atoms with Crippen LogP contribution in [0.1, 0.15) is 152 Å². The van der Waals surface area contributed by atoms with Gasteiger partial charge in [-0.2, -0.15) is 13.2 Å². The minimum Gasteiger partial charge on any atom is -0.460 e. The number of alkyl halides is 3. The number of halogens is 3. The lowest BCUT2D eigenvalue weighted by Crippen LogP contribution is -2.53. The number of esters is 2. The topological polar surface area (TPSA) is 136 Å². The maximum atomic E-state index is 15.3. The smallest absolute Gasteiger partial charge is 0.432 e. The highest BCUT2D eigenvalue weighted by Crippen LogP contribution is 2.45. The Morgan fingerprint density at radius 3 is 1.34 bits per heavy atom. The van der Waals surface area contributed by atoms with Gasteiger partial charge < -0.3 is 52.1 Å². The monoisotopic (exact) mass is 1080 g/mol. The molecule has 0 unspecified atom stereocenters. The fraction of sp³-hybridized carbons (Fsp3) is 0.672. The molecule has 13 nitrogen and oxygen atoms in total. The number of carbonyl (C=O) groups excluding carboxylic acids is 2. The molecule has 8 bridgehead atoms. The van der Waals surface area contributed by atoms with Crippen molar-refractivity contribution in [2.75, 3.05) is 7.11 Å². The summed E-state index contributed by atoms with van der Waals surface area (Å²) in [6.45, 7) is 21.0. The normalized spacial score (nSPS) is 36.1. The lowest BCUT2D eigenvalue weighted by Gasteiger charge is -2.47. The van der Waals surface area contributed by atoms with Gasteiger partial charge in [0, 0.05) is 70.1 Å². The minimum absolute atomic E-state index is 0.0381. The highest BCUT2D eigenvalue weighted by molar-refractivity contribution is 5.83. The fourth-order valence-corrected chi connectivity index (χ4v) is 11.7. The maximum absolute atomic E-state index is 15.3. The van der Waals surface area contributed by atoms with E-state index in [2.05, 4.69) is 6.08 Å². The Morgan fingerprint density at radius 2 is 0.935 bits per heavy atom. The van der Waals surface area contributed by atoms with Gasteiger partial charge in [0.1, 0.15) is 12.2 Å². The van der Waals surface area contributed by atoms with Crippen LogP contribution in [-0.2, 0) is 67.3 Å². The Kier molecular flexibility index (Phi) is 21.8. The number of hydrogen-bond acceptors (Lipinski definition) is 13. The third-order valence-corrected chi connectivity index (χ3v) is 14.4. The van der Waals surface area contributed by atoms with Gasteiger partial charge in [0.2, 0.25) is 0 Å². The number of fused-ring (bicyclic) bond motifs is 8. The van der Waals surface area contributed by atoms with E-state index in [9.17, 15) is 9.59 Å². The maximum Gasteiger partial charge on any atom is 0.432 e. The fourth-order valence-electron chi connectivity index (χ4n) is 11.7. The summed E-state index contributed by atoms with van der Waals surface area (Å²) in [5, 5.41) is 0. The number of benzene rings is 1. The second-order valence-corrected chi connectivity index (χ2v) is 23.4. The Labute approximate surface area is 455 Å². The van der Waals surface area contributed by atoms with E-state index in [1.807, 2.05) is 105 Å². The Morgan fingerprint density at radius 1 is 0.558 bits per heavy atom. The van der Waals surface area contributed by atoms with Crippen LogP contribution in [0, 0.1) is 11.8 Å². The Bertz CT molecular complexity index is 2230. The van der Waals surface area contributed by atoms with Gasteiger partial charge >= 0.3 is 18.1 Å². The molecule has 5 aliphatic rings. The van der Waals surface area contributed by atoms with Gasteiger partial charge in [0.25, 0.3) is 5.60 Å². The minimum atomic E-state index is -5.18. The highest BCUT2D eigenvalue weighted by Gasteiger charge is 2.64. The van der Waals surface area contributed by atoms with E-state index in [-0.39, 0.29) is 61.3 Å². The first-order chi connectivity index (χ1) is 36.2. The van der Waals surface area contributed by atoms with Gasteiger partial charge in [0.15, 0.2) is 23.1 Å². The average Bonchev–Trinajstić information content (AvgIpc) is 3.36. The van der Waals surface area contributed by atoms with Crippen LogP contribution >= 0.6 is 0 Å². The third kappa shape index (κ3) is 18.8. The lowest BCUT2D eigenvalue weighted by atomic mass is 9.88. The molecular formula is C61H87F3O13. The molecule has 6 rings (SSSR count). The summed E-state index contributed by atoms with van der Waals surface area (Å²) < 4.78 is 115. The first kappa shape index (κ1) is 62.2. The van der Waals surface area contributed by atoms with Crippen molar-refractivity contribution in [3.8, 4) is 0 Å². The van der Waals surface area contributed by atoms with Gasteiger partial charge in [-0.1, -0.05) is 118 Å². The van der Waals surface area contributed by atoms with Crippen molar-refractivity contribution in [1.82, 2.24) is 0 Å². The van der Waals surface area contributed by atoms with E-state index < -0.39 is 76.8 Å².